The summed E-state index contributed by atoms with van der Waals surface area (Å²) in [5.74, 6) is 1.94. The van der Waals surface area contributed by atoms with Gasteiger partial charge in [0.1, 0.15) is 11.6 Å². The maximum Gasteiger partial charge on any atom is 0.163 e. The highest BCUT2D eigenvalue weighted by Crippen LogP contribution is 2.25. The molecule has 0 bridgehead atoms. The molecule has 23 heavy (non-hydrogen) atoms. The van der Waals surface area contributed by atoms with Crippen molar-refractivity contribution in [3.63, 3.8) is 0 Å². The zero-order valence-corrected chi connectivity index (χ0v) is 14.8. The largest absolute Gasteiger partial charge is 0.357 e. The lowest BCUT2D eigenvalue weighted by Crippen LogP contribution is -2.44. The molecule has 1 saturated heterocycles. The van der Waals surface area contributed by atoms with E-state index in [0.717, 1.165) is 42.1 Å². The number of fused-ring (bicyclic) bond motifs is 1. The summed E-state index contributed by atoms with van der Waals surface area (Å²) < 4.78 is 1.85. The summed E-state index contributed by atoms with van der Waals surface area (Å²) in [4.78, 5) is 14.3. The molecule has 1 aliphatic heterocycles. The van der Waals surface area contributed by atoms with E-state index in [0.29, 0.717) is 6.04 Å². The number of anilines is 1. The maximum absolute atomic E-state index is 4.84. The van der Waals surface area contributed by atoms with Gasteiger partial charge in [0.2, 0.25) is 0 Å². The van der Waals surface area contributed by atoms with E-state index in [4.69, 9.17) is 4.98 Å². The fourth-order valence-corrected chi connectivity index (χ4v) is 3.45. The number of aryl methyl sites for hydroxylation is 2. The number of likely N-dealkylation sites (N-methyl/N-ethyl adjacent to an activating group) is 2. The third-order valence-corrected chi connectivity index (χ3v) is 4.86. The number of likely N-dealkylation sites (tertiary alicyclic amines) is 1. The van der Waals surface area contributed by atoms with Gasteiger partial charge >= 0.3 is 0 Å². The van der Waals surface area contributed by atoms with Gasteiger partial charge in [0.05, 0.1) is 11.6 Å². The van der Waals surface area contributed by atoms with Gasteiger partial charge in [0.25, 0.3) is 0 Å². The topological polar surface area (TPSA) is 50.1 Å². The van der Waals surface area contributed by atoms with Gasteiger partial charge in [-0.1, -0.05) is 13.3 Å². The summed E-state index contributed by atoms with van der Waals surface area (Å²) in [7, 11) is 6.33. The molecule has 2 aromatic heterocycles. The van der Waals surface area contributed by atoms with E-state index in [2.05, 4.69) is 40.9 Å². The molecule has 0 N–H and O–H groups in total. The highest BCUT2D eigenvalue weighted by Gasteiger charge is 2.22. The summed E-state index contributed by atoms with van der Waals surface area (Å²) >= 11 is 0. The second-order valence-electron chi connectivity index (χ2n) is 6.73. The Morgan fingerprint density at radius 1 is 1.26 bits per heavy atom. The van der Waals surface area contributed by atoms with Crippen LogP contribution in [0.1, 0.15) is 38.4 Å². The quantitative estimate of drug-likeness (QED) is 0.847. The number of aromatic nitrogens is 4. The van der Waals surface area contributed by atoms with Crippen LogP contribution in [0.2, 0.25) is 0 Å². The molecule has 0 radical (unpaired) electrons. The van der Waals surface area contributed by atoms with Crippen molar-refractivity contribution < 1.29 is 0 Å². The Bertz CT molecular complexity index is 664. The van der Waals surface area contributed by atoms with E-state index in [1.54, 1.807) is 0 Å². The van der Waals surface area contributed by atoms with Crippen LogP contribution in [-0.2, 0) is 13.5 Å². The van der Waals surface area contributed by atoms with Crippen molar-refractivity contribution >= 4 is 16.9 Å². The molecule has 0 spiro atoms. The minimum Gasteiger partial charge on any atom is -0.357 e. The first-order valence-corrected chi connectivity index (χ1v) is 8.70. The Hall–Kier alpha value is -1.69. The molecule has 0 saturated carbocycles. The molecule has 0 aromatic carbocycles. The molecular weight excluding hydrogens is 288 g/mol. The van der Waals surface area contributed by atoms with Crippen LogP contribution in [0.5, 0.6) is 0 Å². The second kappa shape index (κ2) is 6.83. The Morgan fingerprint density at radius 2 is 2.09 bits per heavy atom. The normalized spacial score (nSPS) is 19.4. The van der Waals surface area contributed by atoms with E-state index < -0.39 is 0 Å². The van der Waals surface area contributed by atoms with Crippen molar-refractivity contribution in [3.8, 4) is 0 Å². The number of hydrogen-bond acceptors (Lipinski definition) is 5. The first kappa shape index (κ1) is 16.2. The molecular formula is C17H28N6. The van der Waals surface area contributed by atoms with E-state index in [9.17, 15) is 0 Å². The number of hydrogen-bond donors (Lipinski definition) is 0. The smallest absolute Gasteiger partial charge is 0.163 e. The van der Waals surface area contributed by atoms with E-state index >= 15 is 0 Å². The number of rotatable bonds is 5. The van der Waals surface area contributed by atoms with Crippen molar-refractivity contribution in [2.24, 2.45) is 7.05 Å². The lowest BCUT2D eigenvalue weighted by Gasteiger charge is -2.35. The molecule has 1 atom stereocenters. The van der Waals surface area contributed by atoms with Crippen LogP contribution in [0.25, 0.3) is 11.0 Å². The fourth-order valence-electron chi connectivity index (χ4n) is 3.45. The molecule has 0 aliphatic carbocycles. The summed E-state index contributed by atoms with van der Waals surface area (Å²) in [6.07, 6.45) is 7.77. The van der Waals surface area contributed by atoms with Gasteiger partial charge in [0, 0.05) is 33.1 Å². The Morgan fingerprint density at radius 3 is 2.83 bits per heavy atom. The Kier molecular flexibility index (Phi) is 4.80. The number of piperidine rings is 1. The summed E-state index contributed by atoms with van der Waals surface area (Å²) in [6, 6.07) is 0.602. The van der Waals surface area contributed by atoms with E-state index in [-0.39, 0.29) is 0 Å². The van der Waals surface area contributed by atoms with Gasteiger partial charge in [-0.3, -0.25) is 4.68 Å². The Balaban J connectivity index is 1.90. The van der Waals surface area contributed by atoms with E-state index in [1.807, 2.05) is 17.9 Å². The first-order chi connectivity index (χ1) is 11.1. The summed E-state index contributed by atoms with van der Waals surface area (Å²) in [5.41, 5.74) is 0.933. The maximum atomic E-state index is 4.84. The van der Waals surface area contributed by atoms with Crippen LogP contribution >= 0.6 is 0 Å². The molecule has 1 fully saturated rings. The fraction of sp³-hybridized carbons (Fsp3) is 0.706. The van der Waals surface area contributed by atoms with Crippen molar-refractivity contribution in [2.45, 2.75) is 45.1 Å². The molecule has 6 nitrogen and oxygen atoms in total. The van der Waals surface area contributed by atoms with Crippen LogP contribution in [0.4, 0.5) is 5.82 Å². The van der Waals surface area contributed by atoms with Gasteiger partial charge in [-0.05, 0) is 32.9 Å². The second-order valence-corrected chi connectivity index (χ2v) is 6.73. The minimum atomic E-state index is 0.602. The lowest BCUT2D eigenvalue weighted by molar-refractivity contribution is 0.189. The predicted molar refractivity (Wildman–Crippen MR) is 93.8 cm³/mol. The molecule has 0 amide bonds. The molecule has 3 rings (SSSR count). The summed E-state index contributed by atoms with van der Waals surface area (Å²) in [5, 5.41) is 5.43. The van der Waals surface area contributed by atoms with Crippen molar-refractivity contribution in [2.75, 3.05) is 32.1 Å². The van der Waals surface area contributed by atoms with Gasteiger partial charge in [-0.2, -0.15) is 5.10 Å². The van der Waals surface area contributed by atoms with Crippen LogP contribution in [-0.4, -0.2) is 57.9 Å². The van der Waals surface area contributed by atoms with E-state index in [1.165, 1.54) is 25.8 Å². The van der Waals surface area contributed by atoms with Gasteiger partial charge in [-0.25, -0.2) is 9.97 Å². The molecule has 6 heteroatoms. The van der Waals surface area contributed by atoms with Crippen LogP contribution in [0.3, 0.4) is 0 Å². The van der Waals surface area contributed by atoms with Gasteiger partial charge in [0.15, 0.2) is 5.65 Å². The van der Waals surface area contributed by atoms with Crippen LogP contribution in [0, 0.1) is 0 Å². The standard InChI is InChI=1S/C17H28N6/c1-5-8-15-19-16(14-11-18-23(4)17(14)20-15)22(3)12-13-9-6-7-10-21(13)2/h11,13H,5-10,12H2,1-4H3/t13-/m0/s1. The van der Waals surface area contributed by atoms with Crippen molar-refractivity contribution in [1.82, 2.24) is 24.6 Å². The molecule has 0 unspecified atom stereocenters. The SMILES string of the molecule is CCCc1nc(N(C)C[C@@H]2CCCCN2C)c2cnn(C)c2n1. The van der Waals surface area contributed by atoms with Crippen LogP contribution in [0.15, 0.2) is 6.20 Å². The zero-order chi connectivity index (χ0) is 16.4. The van der Waals surface area contributed by atoms with Gasteiger partial charge in [-0.15, -0.1) is 0 Å². The zero-order valence-electron chi connectivity index (χ0n) is 14.8. The first-order valence-electron chi connectivity index (χ1n) is 8.70. The monoisotopic (exact) mass is 316 g/mol. The summed E-state index contributed by atoms with van der Waals surface area (Å²) in [6.45, 7) is 4.37. The lowest BCUT2D eigenvalue weighted by atomic mass is 10.0. The van der Waals surface area contributed by atoms with Gasteiger partial charge < -0.3 is 9.80 Å². The third-order valence-electron chi connectivity index (χ3n) is 4.86. The average molecular weight is 316 g/mol. The molecule has 2 aromatic rings. The number of nitrogens with zero attached hydrogens (tertiary/aromatic N) is 6. The Labute approximate surface area is 138 Å². The average Bonchev–Trinajstić information content (AvgIpc) is 2.91. The molecule has 1 aliphatic rings. The molecule has 126 valence electrons. The van der Waals surface area contributed by atoms with Crippen molar-refractivity contribution in [1.29, 1.82) is 0 Å². The predicted octanol–water partition coefficient (Wildman–Crippen LogP) is 2.24. The third kappa shape index (κ3) is 3.32. The highest BCUT2D eigenvalue weighted by atomic mass is 15.3. The van der Waals surface area contributed by atoms with Crippen molar-refractivity contribution in [3.05, 3.63) is 12.0 Å². The highest BCUT2D eigenvalue weighted by molar-refractivity contribution is 5.86. The van der Waals surface area contributed by atoms with Crippen LogP contribution < -0.4 is 4.90 Å². The molecule has 3 heterocycles. The minimum absolute atomic E-state index is 0.602.